The van der Waals surface area contributed by atoms with Crippen molar-refractivity contribution in [1.82, 2.24) is 9.55 Å². The first-order chi connectivity index (χ1) is 13.2. The molecule has 3 rings (SSSR count). The van der Waals surface area contributed by atoms with Crippen molar-refractivity contribution in [2.75, 3.05) is 5.32 Å². The minimum Gasteiger partial charge on any atom is -0.379 e. The predicted octanol–water partition coefficient (Wildman–Crippen LogP) is 5.56. The number of pyridine rings is 1. The van der Waals surface area contributed by atoms with E-state index >= 15 is 0 Å². The van der Waals surface area contributed by atoms with Crippen LogP contribution in [0.4, 0.5) is 27.6 Å². The maximum absolute atomic E-state index is 13.8. The Morgan fingerprint density at radius 3 is 2.36 bits per heavy atom. The van der Waals surface area contributed by atoms with Gasteiger partial charge in [-0.1, -0.05) is 13.0 Å². The van der Waals surface area contributed by atoms with Gasteiger partial charge < -0.3 is 9.88 Å². The molecule has 8 heteroatoms. The minimum atomic E-state index is -4.44. The molecule has 0 bridgehead atoms. The fourth-order valence-electron chi connectivity index (χ4n) is 2.95. The Morgan fingerprint density at radius 2 is 1.79 bits per heavy atom. The second-order valence-corrected chi connectivity index (χ2v) is 6.36. The van der Waals surface area contributed by atoms with E-state index in [9.17, 15) is 22.0 Å². The third kappa shape index (κ3) is 4.00. The molecule has 0 saturated heterocycles. The molecule has 2 heterocycles. The molecule has 0 aliphatic carbocycles. The topological polar surface area (TPSA) is 29.9 Å². The lowest BCUT2D eigenvalue weighted by molar-refractivity contribution is -0.137. The summed E-state index contributed by atoms with van der Waals surface area (Å²) in [5.74, 6) is -1.31. The van der Waals surface area contributed by atoms with Crippen LogP contribution in [0.25, 0.3) is 11.4 Å². The molecular weight excluding hydrogens is 377 g/mol. The van der Waals surface area contributed by atoms with E-state index in [4.69, 9.17) is 0 Å². The summed E-state index contributed by atoms with van der Waals surface area (Å²) in [5.41, 5.74) is 1.22. The maximum atomic E-state index is 13.8. The van der Waals surface area contributed by atoms with Crippen LogP contribution in [-0.4, -0.2) is 9.55 Å². The molecule has 0 fully saturated rings. The Hall–Kier alpha value is -2.90. The quantitative estimate of drug-likeness (QED) is 0.574. The zero-order valence-electron chi connectivity index (χ0n) is 15.2. The molecule has 1 N–H and O–H groups in total. The first-order valence-corrected chi connectivity index (χ1v) is 8.60. The number of benzene rings is 1. The zero-order valence-corrected chi connectivity index (χ0v) is 15.2. The third-order valence-electron chi connectivity index (χ3n) is 4.48. The molecule has 0 amide bonds. The van der Waals surface area contributed by atoms with Crippen molar-refractivity contribution in [3.63, 3.8) is 0 Å². The third-order valence-corrected chi connectivity index (χ3v) is 4.48. The maximum Gasteiger partial charge on any atom is 0.417 e. The van der Waals surface area contributed by atoms with E-state index in [1.807, 2.05) is 6.92 Å². The van der Waals surface area contributed by atoms with Gasteiger partial charge in [-0.15, -0.1) is 0 Å². The lowest BCUT2D eigenvalue weighted by Crippen LogP contribution is -2.07. The molecule has 0 atom stereocenters. The Balaban J connectivity index is 1.88. The number of rotatable bonds is 5. The van der Waals surface area contributed by atoms with Crippen LogP contribution < -0.4 is 5.32 Å². The second kappa shape index (κ2) is 7.61. The van der Waals surface area contributed by atoms with Gasteiger partial charge in [0.15, 0.2) is 0 Å². The molecule has 3 nitrogen and oxygen atoms in total. The van der Waals surface area contributed by atoms with Crippen LogP contribution >= 0.6 is 0 Å². The first-order valence-electron chi connectivity index (χ1n) is 8.60. The molecule has 1 aromatic carbocycles. The molecule has 3 aromatic rings. The summed E-state index contributed by atoms with van der Waals surface area (Å²) in [6.45, 7) is 1.80. The summed E-state index contributed by atoms with van der Waals surface area (Å²) in [6.07, 6.45) is -1.40. The number of anilines is 1. The largest absolute Gasteiger partial charge is 0.417 e. The van der Waals surface area contributed by atoms with Crippen LogP contribution in [0.3, 0.4) is 0 Å². The Bertz CT molecular complexity index is 972. The van der Waals surface area contributed by atoms with Crippen molar-refractivity contribution < 1.29 is 22.0 Å². The van der Waals surface area contributed by atoms with E-state index in [0.717, 1.165) is 17.8 Å². The van der Waals surface area contributed by atoms with Gasteiger partial charge >= 0.3 is 6.18 Å². The summed E-state index contributed by atoms with van der Waals surface area (Å²) in [7, 11) is 1.52. The highest BCUT2D eigenvalue weighted by Gasteiger charge is 2.32. The predicted molar refractivity (Wildman–Crippen MR) is 96.7 cm³/mol. The van der Waals surface area contributed by atoms with E-state index in [1.165, 1.54) is 36.0 Å². The zero-order chi connectivity index (χ0) is 20.5. The number of hydrogen-bond donors (Lipinski definition) is 1. The van der Waals surface area contributed by atoms with E-state index in [-0.39, 0.29) is 12.1 Å². The van der Waals surface area contributed by atoms with E-state index in [2.05, 4.69) is 10.3 Å². The highest BCUT2D eigenvalue weighted by molar-refractivity contribution is 5.63. The van der Waals surface area contributed by atoms with E-state index in [1.54, 1.807) is 6.07 Å². The summed E-state index contributed by atoms with van der Waals surface area (Å²) >= 11 is 0. The number of aromatic nitrogens is 2. The average molecular weight is 395 g/mol. The van der Waals surface area contributed by atoms with Crippen molar-refractivity contribution >= 4 is 5.69 Å². The van der Waals surface area contributed by atoms with Gasteiger partial charge in [0, 0.05) is 25.4 Å². The van der Waals surface area contributed by atoms with Gasteiger partial charge in [0.1, 0.15) is 11.6 Å². The highest BCUT2D eigenvalue weighted by atomic mass is 19.4. The van der Waals surface area contributed by atoms with Crippen LogP contribution in [-0.2, 0) is 26.2 Å². The van der Waals surface area contributed by atoms with Crippen molar-refractivity contribution in [3.05, 3.63) is 71.1 Å². The highest BCUT2D eigenvalue weighted by Crippen LogP contribution is 2.33. The van der Waals surface area contributed by atoms with Gasteiger partial charge in [0.25, 0.3) is 0 Å². The molecule has 2 aromatic heterocycles. The summed E-state index contributed by atoms with van der Waals surface area (Å²) in [4.78, 5) is 4.23. The lowest BCUT2D eigenvalue weighted by Gasteiger charge is -2.13. The number of nitrogens with zero attached hydrogens (tertiary/aromatic N) is 2. The summed E-state index contributed by atoms with van der Waals surface area (Å²) in [6, 6.07) is 6.36. The number of alkyl halides is 3. The van der Waals surface area contributed by atoms with Crippen molar-refractivity contribution in [2.45, 2.75) is 26.1 Å². The summed E-state index contributed by atoms with van der Waals surface area (Å²) < 4.78 is 67.7. The molecule has 148 valence electrons. The molecule has 0 saturated carbocycles. The standard InChI is InChI=1S/C20H18F5N3/c1-3-12-7-17(19-8-13(11-28(19)2)20(23,24)25)27-10-18(12)26-9-14-15(21)5-4-6-16(14)22/h4-8,10-11,26H,3,9H2,1-2H3. The molecule has 0 unspecified atom stereocenters. The Kier molecular flexibility index (Phi) is 5.40. The molecular formula is C20H18F5N3. The number of nitrogens with one attached hydrogen (secondary N) is 1. The number of aryl methyl sites for hydroxylation is 2. The van der Waals surface area contributed by atoms with Crippen LogP contribution in [0.5, 0.6) is 0 Å². The Morgan fingerprint density at radius 1 is 1.11 bits per heavy atom. The normalized spacial score (nSPS) is 11.7. The molecule has 0 spiro atoms. The first kappa shape index (κ1) is 19.9. The molecule has 0 aliphatic rings. The van der Waals surface area contributed by atoms with Gasteiger partial charge in [-0.2, -0.15) is 13.2 Å². The number of halogens is 5. The average Bonchev–Trinajstić information content (AvgIpc) is 3.03. The smallest absolute Gasteiger partial charge is 0.379 e. The van der Waals surface area contributed by atoms with Gasteiger partial charge in [-0.3, -0.25) is 4.98 Å². The van der Waals surface area contributed by atoms with Gasteiger partial charge in [-0.25, -0.2) is 8.78 Å². The Labute approximate surface area is 158 Å². The van der Waals surface area contributed by atoms with Crippen LogP contribution in [0, 0.1) is 11.6 Å². The SMILES string of the molecule is CCc1cc(-c2cc(C(F)(F)F)cn2C)ncc1NCc1c(F)cccc1F. The van der Waals surface area contributed by atoms with E-state index in [0.29, 0.717) is 23.5 Å². The van der Waals surface area contributed by atoms with Gasteiger partial charge in [-0.05, 0) is 36.2 Å². The molecule has 0 aliphatic heterocycles. The molecule has 28 heavy (non-hydrogen) atoms. The van der Waals surface area contributed by atoms with Crippen molar-refractivity contribution in [2.24, 2.45) is 7.05 Å². The van der Waals surface area contributed by atoms with Crippen LogP contribution in [0.1, 0.15) is 23.6 Å². The van der Waals surface area contributed by atoms with Crippen molar-refractivity contribution in [3.8, 4) is 11.4 Å². The van der Waals surface area contributed by atoms with Crippen LogP contribution in [0.15, 0.2) is 42.7 Å². The second-order valence-electron chi connectivity index (χ2n) is 6.36. The fraction of sp³-hybridized carbons (Fsp3) is 0.250. The fourth-order valence-corrected chi connectivity index (χ4v) is 2.95. The minimum absolute atomic E-state index is 0.0745. The van der Waals surface area contributed by atoms with E-state index < -0.39 is 23.4 Å². The molecule has 0 radical (unpaired) electrons. The lowest BCUT2D eigenvalue weighted by atomic mass is 10.1. The van der Waals surface area contributed by atoms with Gasteiger partial charge in [0.05, 0.1) is 28.8 Å². The monoisotopic (exact) mass is 395 g/mol. The summed E-state index contributed by atoms with van der Waals surface area (Å²) in [5, 5.41) is 2.96. The van der Waals surface area contributed by atoms with Gasteiger partial charge in [0.2, 0.25) is 0 Å². The van der Waals surface area contributed by atoms with Crippen LogP contribution in [0.2, 0.25) is 0 Å². The number of hydrogen-bond acceptors (Lipinski definition) is 2. The van der Waals surface area contributed by atoms with Crippen molar-refractivity contribution in [1.29, 1.82) is 0 Å².